The molecule has 0 bridgehead atoms. The lowest BCUT2D eigenvalue weighted by molar-refractivity contribution is -0.0328. The molecule has 2 N–H and O–H groups in total. The molecule has 0 unspecified atom stereocenters. The van der Waals surface area contributed by atoms with Gasteiger partial charge in [-0.25, -0.2) is 8.42 Å². The Hall–Kier alpha value is -2.24. The Bertz CT molecular complexity index is 1000. The first kappa shape index (κ1) is 21.5. The highest BCUT2D eigenvalue weighted by molar-refractivity contribution is 8.00. The highest BCUT2D eigenvalue weighted by Gasteiger charge is 2.29. The van der Waals surface area contributed by atoms with Crippen molar-refractivity contribution in [2.24, 2.45) is 0 Å². The smallest absolute Gasteiger partial charge is 0.446 e. The van der Waals surface area contributed by atoms with Crippen LogP contribution in [0, 0.1) is 0 Å². The van der Waals surface area contributed by atoms with Crippen LogP contribution in [0.25, 0.3) is 0 Å². The fourth-order valence-electron chi connectivity index (χ4n) is 2.86. The van der Waals surface area contributed by atoms with Crippen LogP contribution in [0.1, 0.15) is 23.2 Å². The van der Waals surface area contributed by atoms with Gasteiger partial charge < -0.3 is 10.4 Å². The molecule has 0 aromatic heterocycles. The number of nitrogens with zero attached hydrogens (tertiary/aromatic N) is 1. The van der Waals surface area contributed by atoms with E-state index in [0.29, 0.717) is 13.1 Å². The highest BCUT2D eigenvalue weighted by atomic mass is 32.2. The number of carbonyl (C=O) groups excluding carboxylic acids is 1. The number of benzene rings is 2. The van der Waals surface area contributed by atoms with Gasteiger partial charge in [0.05, 0.1) is 10.6 Å². The Kier molecular flexibility index (Phi) is 6.11. The zero-order chi connectivity index (χ0) is 21.2. The maximum Gasteiger partial charge on any atom is 0.446 e. The lowest BCUT2D eigenvalue weighted by atomic mass is 10.2. The molecule has 0 aliphatic carbocycles. The molecule has 2 aromatic rings. The van der Waals surface area contributed by atoms with Gasteiger partial charge in [0.15, 0.2) is 0 Å². The van der Waals surface area contributed by atoms with Crippen molar-refractivity contribution in [3.8, 4) is 5.75 Å². The van der Waals surface area contributed by atoms with Crippen LogP contribution in [0.2, 0.25) is 0 Å². The number of thioether (sulfide) groups is 1. The fraction of sp³-hybridized carbons (Fsp3) is 0.278. The lowest BCUT2D eigenvalue weighted by Gasteiger charge is -2.16. The second-order valence-corrected chi connectivity index (χ2v) is 9.39. The minimum Gasteiger partial charge on any atom is -0.506 e. The van der Waals surface area contributed by atoms with E-state index in [1.54, 1.807) is 0 Å². The average Bonchev–Trinajstić information content (AvgIpc) is 3.18. The third-order valence-electron chi connectivity index (χ3n) is 4.27. The van der Waals surface area contributed by atoms with Crippen LogP contribution in [-0.2, 0) is 10.0 Å². The molecule has 1 saturated heterocycles. The molecular weight excluding hydrogens is 429 g/mol. The van der Waals surface area contributed by atoms with Gasteiger partial charge in [-0.05, 0) is 67.1 Å². The van der Waals surface area contributed by atoms with Crippen LogP contribution in [0.3, 0.4) is 0 Å². The zero-order valence-electron chi connectivity index (χ0n) is 14.9. The molecule has 2 aromatic carbocycles. The van der Waals surface area contributed by atoms with E-state index in [1.807, 2.05) is 0 Å². The van der Waals surface area contributed by atoms with E-state index >= 15 is 0 Å². The van der Waals surface area contributed by atoms with Crippen molar-refractivity contribution in [1.29, 1.82) is 0 Å². The van der Waals surface area contributed by atoms with E-state index in [4.69, 9.17) is 0 Å². The molecule has 11 heteroatoms. The van der Waals surface area contributed by atoms with Crippen LogP contribution < -0.4 is 5.32 Å². The Labute approximate surface area is 169 Å². The minimum atomic E-state index is -4.43. The molecule has 1 fully saturated rings. The summed E-state index contributed by atoms with van der Waals surface area (Å²) in [4.78, 5) is 12.2. The van der Waals surface area contributed by atoms with E-state index in [1.165, 1.54) is 28.6 Å². The van der Waals surface area contributed by atoms with E-state index in [0.717, 1.165) is 31.0 Å². The standard InChI is InChI=1S/C18H17F3N2O4S2/c19-18(20,21)28-13-5-3-12(4-6-13)17(25)22-15-11-14(7-8-16(15)24)29(26,27)23-9-1-2-10-23/h3-8,11,24H,1-2,9-10H2,(H,22,25). The van der Waals surface area contributed by atoms with Crippen molar-refractivity contribution in [3.05, 3.63) is 48.0 Å². The third kappa shape index (κ3) is 5.22. The number of rotatable bonds is 5. The van der Waals surface area contributed by atoms with E-state index in [-0.39, 0.29) is 38.6 Å². The third-order valence-corrected chi connectivity index (χ3v) is 6.90. The molecule has 0 atom stereocenters. The topological polar surface area (TPSA) is 86.7 Å². The second kappa shape index (κ2) is 8.25. The molecule has 1 heterocycles. The van der Waals surface area contributed by atoms with Crippen molar-refractivity contribution in [2.75, 3.05) is 18.4 Å². The Morgan fingerprint density at radius 3 is 2.28 bits per heavy atom. The maximum atomic E-state index is 12.6. The number of anilines is 1. The van der Waals surface area contributed by atoms with Gasteiger partial charge in [0.25, 0.3) is 5.91 Å². The minimum absolute atomic E-state index is 0.0590. The first-order chi connectivity index (χ1) is 13.6. The normalized spacial score (nSPS) is 15.4. The molecule has 0 radical (unpaired) electrons. The van der Waals surface area contributed by atoms with Crippen molar-refractivity contribution in [2.45, 2.75) is 28.1 Å². The average molecular weight is 446 g/mol. The molecule has 6 nitrogen and oxygen atoms in total. The number of sulfonamides is 1. The summed E-state index contributed by atoms with van der Waals surface area (Å²) >= 11 is -0.299. The summed E-state index contributed by atoms with van der Waals surface area (Å²) in [5, 5.41) is 12.4. The number of phenolic OH excluding ortho intramolecular Hbond substituents is 1. The molecule has 1 aliphatic rings. The second-order valence-electron chi connectivity index (χ2n) is 6.32. The summed E-state index contributed by atoms with van der Waals surface area (Å²) in [6, 6.07) is 8.32. The van der Waals surface area contributed by atoms with Crippen LogP contribution >= 0.6 is 11.8 Å². The summed E-state index contributed by atoms with van der Waals surface area (Å²) in [5.41, 5.74) is -4.48. The summed E-state index contributed by atoms with van der Waals surface area (Å²) in [5.74, 6) is -1.03. The van der Waals surface area contributed by atoms with E-state index in [9.17, 15) is 31.5 Å². The molecule has 29 heavy (non-hydrogen) atoms. The van der Waals surface area contributed by atoms with Gasteiger partial charge in [0.2, 0.25) is 10.0 Å². The predicted molar refractivity (Wildman–Crippen MR) is 102 cm³/mol. The van der Waals surface area contributed by atoms with Gasteiger partial charge in [-0.2, -0.15) is 17.5 Å². The zero-order valence-corrected chi connectivity index (χ0v) is 16.6. The van der Waals surface area contributed by atoms with E-state index < -0.39 is 21.4 Å². The number of hydrogen-bond donors (Lipinski definition) is 2. The monoisotopic (exact) mass is 446 g/mol. The molecule has 0 saturated carbocycles. The lowest BCUT2D eigenvalue weighted by Crippen LogP contribution is -2.28. The van der Waals surface area contributed by atoms with Crippen LogP contribution in [0.5, 0.6) is 5.75 Å². The largest absolute Gasteiger partial charge is 0.506 e. The Morgan fingerprint density at radius 2 is 1.69 bits per heavy atom. The summed E-state index contributed by atoms with van der Waals surface area (Å²) in [7, 11) is -3.74. The van der Waals surface area contributed by atoms with Crippen molar-refractivity contribution >= 4 is 33.4 Å². The van der Waals surface area contributed by atoms with Crippen LogP contribution in [-0.4, -0.2) is 42.3 Å². The number of hydrogen-bond acceptors (Lipinski definition) is 5. The van der Waals surface area contributed by atoms with Crippen LogP contribution in [0.4, 0.5) is 18.9 Å². The predicted octanol–water partition coefficient (Wildman–Crippen LogP) is 4.04. The van der Waals surface area contributed by atoms with Crippen molar-refractivity contribution in [3.63, 3.8) is 0 Å². The van der Waals surface area contributed by atoms with Crippen molar-refractivity contribution < 1.29 is 31.5 Å². The van der Waals surface area contributed by atoms with Gasteiger partial charge in [0.1, 0.15) is 5.75 Å². The van der Waals surface area contributed by atoms with Crippen molar-refractivity contribution in [1.82, 2.24) is 4.31 Å². The first-order valence-corrected chi connectivity index (χ1v) is 10.8. The van der Waals surface area contributed by atoms with Crippen LogP contribution in [0.15, 0.2) is 52.3 Å². The van der Waals surface area contributed by atoms with Gasteiger partial charge in [-0.3, -0.25) is 4.79 Å². The fourth-order valence-corrected chi connectivity index (χ4v) is 4.94. The highest BCUT2D eigenvalue weighted by Crippen LogP contribution is 2.37. The maximum absolute atomic E-state index is 12.6. The summed E-state index contributed by atoms with van der Waals surface area (Å²) in [6.07, 6.45) is 1.53. The number of phenols is 1. The van der Waals surface area contributed by atoms with Gasteiger partial charge in [-0.15, -0.1) is 0 Å². The molecule has 0 spiro atoms. The summed E-state index contributed by atoms with van der Waals surface area (Å²) in [6.45, 7) is 0.820. The Morgan fingerprint density at radius 1 is 1.07 bits per heavy atom. The molecule has 156 valence electrons. The first-order valence-electron chi connectivity index (χ1n) is 8.56. The number of halogens is 3. The molecule has 1 aliphatic heterocycles. The number of amides is 1. The number of aromatic hydroxyl groups is 1. The van der Waals surface area contributed by atoms with Gasteiger partial charge >= 0.3 is 5.51 Å². The number of carbonyl (C=O) groups is 1. The van der Waals surface area contributed by atoms with Gasteiger partial charge in [-0.1, -0.05) is 0 Å². The quantitative estimate of drug-likeness (QED) is 0.535. The number of nitrogens with one attached hydrogen (secondary N) is 1. The van der Waals surface area contributed by atoms with Gasteiger partial charge in [0, 0.05) is 23.5 Å². The SMILES string of the molecule is O=C(Nc1cc(S(=O)(=O)N2CCCC2)ccc1O)c1ccc(SC(F)(F)F)cc1. The molecular formula is C18H17F3N2O4S2. The summed E-state index contributed by atoms with van der Waals surface area (Å²) < 4.78 is 63.8. The van der Waals surface area contributed by atoms with E-state index in [2.05, 4.69) is 5.32 Å². The Balaban J connectivity index is 1.78. The number of alkyl halides is 3. The molecule has 3 rings (SSSR count). The molecule has 1 amide bonds.